The summed E-state index contributed by atoms with van der Waals surface area (Å²) in [5, 5.41) is 3.47. The molecule has 2 saturated carbocycles. The Hall–Kier alpha value is -2.65. The first-order valence-electron chi connectivity index (χ1n) is 12.5. The number of halogens is 1. The van der Waals surface area contributed by atoms with Gasteiger partial charge in [0.25, 0.3) is 5.91 Å². The summed E-state index contributed by atoms with van der Waals surface area (Å²) < 4.78 is 1.99. The van der Waals surface area contributed by atoms with Crippen molar-refractivity contribution in [1.29, 1.82) is 0 Å². The summed E-state index contributed by atoms with van der Waals surface area (Å²) in [6, 6.07) is 3.60. The lowest BCUT2D eigenvalue weighted by Gasteiger charge is -2.16. The molecule has 3 heterocycles. The Morgan fingerprint density at radius 3 is 2.47 bits per heavy atom. The molecule has 2 unspecified atom stereocenters. The van der Waals surface area contributed by atoms with Gasteiger partial charge in [0.1, 0.15) is 11.5 Å². The largest absolute Gasteiger partial charge is 0.382 e. The standard InChI is InChI=1S/C26H32ClN5O3Si/c1-13(33)31-36-17-6-14-4-16(5-15(14)7-17)25(35)30-23-9-18(20(27)11-29-23)19-8-21(24(28)34)32-12-26(2,3)10-22(19)32/h8-9,11,14-17H,4-7,10,12H2,1-3H3,(H2,28,34)(H,31,33)(H,29,30,35)/t14-,15+,16?,17?. The van der Waals surface area contributed by atoms with Crippen LogP contribution in [0.5, 0.6) is 0 Å². The van der Waals surface area contributed by atoms with Gasteiger partial charge in [-0.2, -0.15) is 0 Å². The number of amides is 3. The molecule has 3 aliphatic rings. The van der Waals surface area contributed by atoms with Gasteiger partial charge in [0, 0.05) is 42.4 Å². The fourth-order valence-electron chi connectivity index (χ4n) is 6.43. The van der Waals surface area contributed by atoms with E-state index in [1.54, 1.807) is 25.3 Å². The number of carbonyl (C=O) groups excluding carboxylic acids is 3. The molecule has 2 radical (unpaired) electrons. The molecule has 0 bridgehead atoms. The van der Waals surface area contributed by atoms with E-state index in [0.29, 0.717) is 50.1 Å². The summed E-state index contributed by atoms with van der Waals surface area (Å²) in [6.07, 6.45) is 6.26. The van der Waals surface area contributed by atoms with E-state index in [9.17, 15) is 14.4 Å². The molecule has 0 aromatic carbocycles. The molecular weight excluding hydrogens is 494 g/mol. The third-order valence-electron chi connectivity index (χ3n) is 7.93. The maximum absolute atomic E-state index is 13.1. The number of hydrogen-bond donors (Lipinski definition) is 3. The first-order valence-corrected chi connectivity index (χ1v) is 14.0. The minimum atomic E-state index is -0.467. The van der Waals surface area contributed by atoms with Crippen molar-refractivity contribution in [2.75, 3.05) is 5.32 Å². The Balaban J connectivity index is 1.30. The number of rotatable bonds is 6. The Morgan fingerprint density at radius 2 is 1.83 bits per heavy atom. The molecule has 0 spiro atoms. The van der Waals surface area contributed by atoms with Crippen molar-refractivity contribution in [3.05, 3.63) is 34.7 Å². The molecule has 190 valence electrons. The third-order valence-corrected chi connectivity index (χ3v) is 9.61. The minimum Gasteiger partial charge on any atom is -0.382 e. The summed E-state index contributed by atoms with van der Waals surface area (Å²) in [7, 11) is 0.468. The summed E-state index contributed by atoms with van der Waals surface area (Å²) in [4.78, 5) is 43.8. The number of nitrogens with zero attached hydrogens (tertiary/aromatic N) is 2. The molecule has 2 fully saturated rings. The molecule has 2 aromatic rings. The van der Waals surface area contributed by atoms with Gasteiger partial charge < -0.3 is 20.6 Å². The SMILES string of the molecule is CC(=O)N[Si]C1C[C@@H]2CC(C(=O)Nc3cc(-c4cc(C(N)=O)n5c4CC(C)(C)C5)c(Cl)cn3)C[C@@H]2C1. The highest BCUT2D eigenvalue weighted by Crippen LogP contribution is 2.51. The Kier molecular flexibility index (Phi) is 6.49. The Bertz CT molecular complexity index is 1230. The molecular formula is C26H32ClN5O3Si. The van der Waals surface area contributed by atoms with Crippen molar-refractivity contribution in [1.82, 2.24) is 14.5 Å². The highest BCUT2D eigenvalue weighted by molar-refractivity contribution is 6.39. The average molecular weight is 526 g/mol. The zero-order valence-corrected chi connectivity index (χ0v) is 22.6. The van der Waals surface area contributed by atoms with Crippen LogP contribution in [0.4, 0.5) is 5.82 Å². The van der Waals surface area contributed by atoms with Gasteiger partial charge in [-0.3, -0.25) is 14.4 Å². The van der Waals surface area contributed by atoms with Crippen LogP contribution in [0.25, 0.3) is 11.1 Å². The van der Waals surface area contributed by atoms with Gasteiger partial charge in [0.2, 0.25) is 11.8 Å². The van der Waals surface area contributed by atoms with Crippen LogP contribution in [0.2, 0.25) is 10.6 Å². The number of fused-ring (bicyclic) bond motifs is 2. The summed E-state index contributed by atoms with van der Waals surface area (Å²) in [5.74, 6) is 1.06. The van der Waals surface area contributed by atoms with Crippen molar-refractivity contribution in [3.8, 4) is 11.1 Å². The van der Waals surface area contributed by atoms with Gasteiger partial charge in [0.05, 0.1) is 5.02 Å². The molecule has 5 rings (SSSR count). The molecule has 2 aliphatic carbocycles. The van der Waals surface area contributed by atoms with Crippen LogP contribution >= 0.6 is 11.6 Å². The first kappa shape index (κ1) is 25.0. The Labute approximate surface area is 218 Å². The molecule has 36 heavy (non-hydrogen) atoms. The van der Waals surface area contributed by atoms with Crippen LogP contribution in [0.15, 0.2) is 18.3 Å². The predicted octanol–water partition coefficient (Wildman–Crippen LogP) is 3.80. The van der Waals surface area contributed by atoms with E-state index >= 15 is 0 Å². The molecule has 8 nitrogen and oxygen atoms in total. The second kappa shape index (κ2) is 9.34. The van der Waals surface area contributed by atoms with Crippen molar-refractivity contribution in [3.63, 3.8) is 0 Å². The van der Waals surface area contributed by atoms with Gasteiger partial charge in [-0.1, -0.05) is 25.4 Å². The highest BCUT2D eigenvalue weighted by Gasteiger charge is 2.44. The van der Waals surface area contributed by atoms with Gasteiger partial charge >= 0.3 is 0 Å². The Morgan fingerprint density at radius 1 is 1.14 bits per heavy atom. The summed E-state index contributed by atoms with van der Waals surface area (Å²) >= 11 is 6.55. The van der Waals surface area contributed by atoms with E-state index < -0.39 is 5.91 Å². The average Bonchev–Trinajstić information content (AvgIpc) is 3.51. The van der Waals surface area contributed by atoms with Gasteiger partial charge in [0.15, 0.2) is 9.68 Å². The van der Waals surface area contributed by atoms with E-state index in [4.69, 9.17) is 17.3 Å². The fraction of sp³-hybridized carbons (Fsp3) is 0.538. The molecule has 4 atom stereocenters. The second-order valence-corrected chi connectivity index (χ2v) is 13.2. The molecule has 3 amide bonds. The lowest BCUT2D eigenvalue weighted by atomic mass is 9.89. The van der Waals surface area contributed by atoms with Gasteiger partial charge in [-0.05, 0) is 67.0 Å². The predicted molar refractivity (Wildman–Crippen MR) is 140 cm³/mol. The summed E-state index contributed by atoms with van der Waals surface area (Å²) in [6.45, 7) is 6.59. The monoisotopic (exact) mass is 525 g/mol. The van der Waals surface area contributed by atoms with Crippen LogP contribution in [-0.4, -0.2) is 37.0 Å². The number of hydrogen-bond acceptors (Lipinski definition) is 4. The van der Waals surface area contributed by atoms with Crippen LogP contribution < -0.4 is 16.0 Å². The van der Waals surface area contributed by atoms with Crippen molar-refractivity contribution in [2.45, 2.75) is 65.0 Å². The summed E-state index contributed by atoms with van der Waals surface area (Å²) in [5.41, 5.74) is 9.30. The lowest BCUT2D eigenvalue weighted by Crippen LogP contribution is -2.28. The number of anilines is 1. The van der Waals surface area contributed by atoms with Crippen LogP contribution in [-0.2, 0) is 22.6 Å². The zero-order valence-electron chi connectivity index (χ0n) is 20.9. The lowest BCUT2D eigenvalue weighted by molar-refractivity contribution is -0.120. The van der Waals surface area contributed by atoms with Crippen LogP contribution in [0, 0.1) is 23.2 Å². The van der Waals surface area contributed by atoms with E-state index in [1.807, 2.05) is 4.57 Å². The minimum absolute atomic E-state index is 0.00731. The number of primary amides is 1. The van der Waals surface area contributed by atoms with Gasteiger partial charge in [-0.25, -0.2) is 4.98 Å². The quantitative estimate of drug-likeness (QED) is 0.497. The number of nitrogens with one attached hydrogen (secondary N) is 2. The second-order valence-electron chi connectivity index (χ2n) is 11.4. The van der Waals surface area contributed by atoms with E-state index in [1.165, 1.54) is 0 Å². The van der Waals surface area contributed by atoms with E-state index in [2.05, 4.69) is 29.1 Å². The van der Waals surface area contributed by atoms with Crippen molar-refractivity contribution in [2.24, 2.45) is 28.9 Å². The normalized spacial score (nSPS) is 25.9. The molecule has 1 aliphatic heterocycles. The first-order chi connectivity index (χ1) is 17.0. The molecule has 4 N–H and O–H groups in total. The molecule has 10 heteroatoms. The zero-order chi connectivity index (χ0) is 25.8. The van der Waals surface area contributed by atoms with Crippen molar-refractivity contribution >= 4 is 44.8 Å². The van der Waals surface area contributed by atoms with Crippen LogP contribution in [0.3, 0.4) is 0 Å². The fourth-order valence-corrected chi connectivity index (χ4v) is 7.88. The maximum Gasteiger partial charge on any atom is 0.265 e. The van der Waals surface area contributed by atoms with Gasteiger partial charge in [-0.15, -0.1) is 0 Å². The topological polar surface area (TPSA) is 119 Å². The smallest absolute Gasteiger partial charge is 0.265 e. The highest BCUT2D eigenvalue weighted by atomic mass is 35.5. The van der Waals surface area contributed by atoms with Crippen molar-refractivity contribution < 1.29 is 14.4 Å². The number of carbonyl (C=O) groups is 3. The number of pyridine rings is 1. The third kappa shape index (κ3) is 4.83. The molecule has 0 saturated heterocycles. The van der Waals surface area contributed by atoms with E-state index in [-0.39, 0.29) is 23.1 Å². The molecule has 2 aromatic heterocycles. The van der Waals surface area contributed by atoms with Crippen LogP contribution in [0.1, 0.15) is 62.6 Å². The number of nitrogens with two attached hydrogens (primary N) is 1. The maximum atomic E-state index is 13.1. The van der Waals surface area contributed by atoms with E-state index in [0.717, 1.165) is 48.9 Å². The number of aromatic nitrogens is 2.